The minimum atomic E-state index is 0.626. The molecule has 0 spiro atoms. The molecule has 0 radical (unpaired) electrons. The van der Waals surface area contributed by atoms with E-state index in [0.29, 0.717) is 10.8 Å². The molecule has 0 heteroatoms. The third-order valence-corrected chi connectivity index (χ3v) is 5.97. The molecule has 0 aromatic heterocycles. The van der Waals surface area contributed by atoms with Gasteiger partial charge in [-0.1, -0.05) is 27.7 Å². The van der Waals surface area contributed by atoms with Gasteiger partial charge in [0.15, 0.2) is 0 Å². The lowest BCUT2D eigenvalue weighted by Crippen LogP contribution is -2.24. The van der Waals surface area contributed by atoms with Crippen LogP contribution < -0.4 is 0 Å². The van der Waals surface area contributed by atoms with Crippen LogP contribution in [0.3, 0.4) is 0 Å². The van der Waals surface area contributed by atoms with Gasteiger partial charge in [-0.05, 0) is 66.6 Å². The first kappa shape index (κ1) is 10.2. The predicted molar refractivity (Wildman–Crippen MR) is 64.6 cm³/mol. The Balaban J connectivity index is 1.89. The Bertz CT molecular complexity index is 274. The first-order valence-electron chi connectivity index (χ1n) is 6.92. The summed E-state index contributed by atoms with van der Waals surface area (Å²) >= 11 is 0. The summed E-state index contributed by atoms with van der Waals surface area (Å²) in [5.74, 6) is 4.28. The van der Waals surface area contributed by atoms with Crippen LogP contribution in [-0.2, 0) is 0 Å². The van der Waals surface area contributed by atoms with Crippen molar-refractivity contribution in [3.05, 3.63) is 0 Å². The number of hydrogen-bond donors (Lipinski definition) is 0. The molecule has 0 saturated heterocycles. The zero-order valence-corrected chi connectivity index (χ0v) is 10.8. The van der Waals surface area contributed by atoms with Crippen LogP contribution in [0.5, 0.6) is 0 Å². The molecule has 3 fully saturated rings. The summed E-state index contributed by atoms with van der Waals surface area (Å²) < 4.78 is 0. The van der Waals surface area contributed by atoms with Crippen molar-refractivity contribution >= 4 is 0 Å². The molecule has 0 amide bonds. The molecule has 3 rings (SSSR count). The summed E-state index contributed by atoms with van der Waals surface area (Å²) in [6.07, 6.45) is 7.63. The van der Waals surface area contributed by atoms with Crippen molar-refractivity contribution < 1.29 is 0 Å². The van der Waals surface area contributed by atoms with Crippen LogP contribution in [0.15, 0.2) is 0 Å². The van der Waals surface area contributed by atoms with Crippen molar-refractivity contribution in [1.29, 1.82) is 0 Å². The molecule has 0 N–H and O–H groups in total. The summed E-state index contributed by atoms with van der Waals surface area (Å²) in [5.41, 5.74) is 1.32. The van der Waals surface area contributed by atoms with Crippen LogP contribution in [0.1, 0.15) is 59.8 Å². The molecule has 0 bridgehead atoms. The van der Waals surface area contributed by atoms with Gasteiger partial charge in [-0.3, -0.25) is 0 Å². The summed E-state index contributed by atoms with van der Waals surface area (Å²) in [7, 11) is 0. The fraction of sp³-hybridized carbons (Fsp3) is 1.00. The monoisotopic (exact) mass is 206 g/mol. The van der Waals surface area contributed by atoms with Gasteiger partial charge in [0.1, 0.15) is 0 Å². The molecule has 15 heavy (non-hydrogen) atoms. The molecule has 0 nitrogen and oxygen atoms in total. The summed E-state index contributed by atoms with van der Waals surface area (Å²) in [4.78, 5) is 0. The zero-order chi connectivity index (χ0) is 10.8. The van der Waals surface area contributed by atoms with Crippen molar-refractivity contribution in [2.24, 2.45) is 34.5 Å². The molecule has 3 aliphatic rings. The minimum absolute atomic E-state index is 0.626. The fourth-order valence-electron chi connectivity index (χ4n) is 5.13. The fourth-order valence-corrected chi connectivity index (χ4v) is 5.13. The second kappa shape index (κ2) is 2.81. The van der Waals surface area contributed by atoms with Crippen molar-refractivity contribution in [3.8, 4) is 0 Å². The second-order valence-corrected chi connectivity index (χ2v) is 7.80. The van der Waals surface area contributed by atoms with E-state index in [0.717, 1.165) is 23.7 Å². The van der Waals surface area contributed by atoms with Crippen LogP contribution in [0.2, 0.25) is 0 Å². The van der Waals surface area contributed by atoms with Crippen LogP contribution in [0, 0.1) is 34.5 Å². The van der Waals surface area contributed by atoms with Crippen LogP contribution >= 0.6 is 0 Å². The van der Waals surface area contributed by atoms with E-state index in [2.05, 4.69) is 27.7 Å². The van der Waals surface area contributed by atoms with Crippen LogP contribution in [0.4, 0.5) is 0 Å². The third-order valence-electron chi connectivity index (χ3n) is 5.97. The van der Waals surface area contributed by atoms with Gasteiger partial charge in [-0.15, -0.1) is 0 Å². The molecule has 0 aromatic carbocycles. The van der Waals surface area contributed by atoms with E-state index >= 15 is 0 Å². The predicted octanol–water partition coefficient (Wildman–Crippen LogP) is 4.49. The highest BCUT2D eigenvalue weighted by Crippen LogP contribution is 2.68. The largest absolute Gasteiger partial charge is 0.0620 e. The maximum Gasteiger partial charge on any atom is -0.0264 e. The lowest BCUT2D eigenvalue weighted by atomic mass is 9.74. The van der Waals surface area contributed by atoms with E-state index in [1.807, 2.05) is 0 Å². The van der Waals surface area contributed by atoms with Gasteiger partial charge in [-0.2, -0.15) is 0 Å². The average molecular weight is 206 g/mol. The van der Waals surface area contributed by atoms with E-state index < -0.39 is 0 Å². The normalized spacial score (nSPS) is 53.2. The minimum Gasteiger partial charge on any atom is -0.0620 e. The summed E-state index contributed by atoms with van der Waals surface area (Å²) in [6.45, 7) is 10.1. The van der Waals surface area contributed by atoms with Gasteiger partial charge in [0.05, 0.1) is 0 Å². The SMILES string of the molecule is CC1CC(C2CC2)C2CC(C)(C)CC12C. The Morgan fingerprint density at radius 3 is 2.33 bits per heavy atom. The molecule has 3 aliphatic carbocycles. The quantitative estimate of drug-likeness (QED) is 0.593. The van der Waals surface area contributed by atoms with Gasteiger partial charge in [0, 0.05) is 0 Å². The van der Waals surface area contributed by atoms with Gasteiger partial charge < -0.3 is 0 Å². The lowest BCUT2D eigenvalue weighted by Gasteiger charge is -2.31. The van der Waals surface area contributed by atoms with Crippen molar-refractivity contribution in [1.82, 2.24) is 0 Å². The van der Waals surface area contributed by atoms with Gasteiger partial charge in [-0.25, -0.2) is 0 Å². The summed E-state index contributed by atoms with van der Waals surface area (Å²) in [6, 6.07) is 0. The molecule has 86 valence electrons. The standard InChI is InChI=1S/C15H26/c1-10-7-12(11-5-6-11)13-8-14(2,3)9-15(10,13)4/h10-13H,5-9H2,1-4H3. The molecule has 4 unspecified atom stereocenters. The number of hydrogen-bond acceptors (Lipinski definition) is 0. The molecular formula is C15H26. The number of rotatable bonds is 1. The van der Waals surface area contributed by atoms with E-state index in [9.17, 15) is 0 Å². The topological polar surface area (TPSA) is 0 Å². The maximum absolute atomic E-state index is 2.60. The van der Waals surface area contributed by atoms with Crippen molar-refractivity contribution in [3.63, 3.8) is 0 Å². The zero-order valence-electron chi connectivity index (χ0n) is 10.8. The third kappa shape index (κ3) is 1.40. The molecule has 4 atom stereocenters. The Labute approximate surface area is 94.8 Å². The Hall–Kier alpha value is 0. The smallest absolute Gasteiger partial charge is 0.0264 e. The van der Waals surface area contributed by atoms with Gasteiger partial charge in [0.25, 0.3) is 0 Å². The lowest BCUT2D eigenvalue weighted by molar-refractivity contribution is 0.179. The van der Waals surface area contributed by atoms with Crippen molar-refractivity contribution in [2.75, 3.05) is 0 Å². The number of fused-ring (bicyclic) bond motifs is 1. The Morgan fingerprint density at radius 2 is 1.73 bits per heavy atom. The first-order valence-corrected chi connectivity index (χ1v) is 6.92. The van der Waals surface area contributed by atoms with Gasteiger partial charge in [0.2, 0.25) is 0 Å². The molecule has 3 saturated carbocycles. The Kier molecular flexibility index (Phi) is 1.91. The maximum atomic E-state index is 2.60. The molecule has 0 aliphatic heterocycles. The summed E-state index contributed by atoms with van der Waals surface area (Å²) in [5, 5.41) is 0. The van der Waals surface area contributed by atoms with Gasteiger partial charge >= 0.3 is 0 Å². The highest BCUT2D eigenvalue weighted by Gasteiger charge is 2.59. The van der Waals surface area contributed by atoms with E-state index in [1.165, 1.54) is 12.8 Å². The van der Waals surface area contributed by atoms with Crippen molar-refractivity contribution in [2.45, 2.75) is 59.8 Å². The molecular weight excluding hydrogens is 180 g/mol. The highest BCUT2D eigenvalue weighted by molar-refractivity contribution is 5.08. The molecule has 0 heterocycles. The Morgan fingerprint density at radius 1 is 1.07 bits per heavy atom. The van der Waals surface area contributed by atoms with Crippen LogP contribution in [0.25, 0.3) is 0 Å². The van der Waals surface area contributed by atoms with E-state index in [1.54, 1.807) is 19.3 Å². The second-order valence-electron chi connectivity index (χ2n) is 7.80. The first-order chi connectivity index (χ1) is 6.92. The highest BCUT2D eigenvalue weighted by atomic mass is 14.6. The molecule has 0 aromatic rings. The van der Waals surface area contributed by atoms with Crippen LogP contribution in [-0.4, -0.2) is 0 Å². The average Bonchev–Trinajstić information content (AvgIpc) is 2.85. The van der Waals surface area contributed by atoms with E-state index in [4.69, 9.17) is 0 Å². The van der Waals surface area contributed by atoms with E-state index in [-0.39, 0.29) is 0 Å².